The molecule has 0 aliphatic rings. The second-order valence-electron chi connectivity index (χ2n) is 4.25. The van der Waals surface area contributed by atoms with Crippen molar-refractivity contribution in [2.24, 2.45) is 0 Å². The van der Waals surface area contributed by atoms with Crippen LogP contribution in [-0.2, 0) is 0 Å². The Morgan fingerprint density at radius 1 is 1.21 bits per heavy atom. The molecule has 3 aromatic rings. The molecule has 2 heterocycles. The Bertz CT molecular complexity index is 730. The van der Waals surface area contributed by atoms with Crippen LogP contribution in [0.5, 0.6) is 0 Å². The van der Waals surface area contributed by atoms with Crippen LogP contribution in [0.4, 0.5) is 10.2 Å². The van der Waals surface area contributed by atoms with Gasteiger partial charge in [0.2, 0.25) is 0 Å². The number of hydrogen-bond donors (Lipinski definition) is 2. The molecule has 0 aliphatic carbocycles. The Morgan fingerprint density at radius 3 is 2.68 bits per heavy atom. The zero-order valence-corrected chi connectivity index (χ0v) is 10.3. The minimum atomic E-state index is -0.347. The maximum atomic E-state index is 13.9. The van der Waals surface area contributed by atoms with Crippen molar-refractivity contribution in [1.82, 2.24) is 10.2 Å². The lowest BCUT2D eigenvalue weighted by molar-refractivity contribution is 0.546. The average Bonchev–Trinajstić information content (AvgIpc) is 2.96. The highest BCUT2D eigenvalue weighted by Gasteiger charge is 2.19. The van der Waals surface area contributed by atoms with Gasteiger partial charge in [-0.2, -0.15) is 5.10 Å². The van der Waals surface area contributed by atoms with Crippen LogP contribution in [0.1, 0.15) is 5.76 Å². The molecule has 0 radical (unpaired) electrons. The number of benzene rings is 1. The standard InChI is InChI=1S/C14H12FN3O/c1-8-6-7-11(19-8)13-12(14(16)18-17-13)9-4-2-3-5-10(9)15/h2-7H,1H3,(H3,16,17,18). The summed E-state index contributed by atoms with van der Waals surface area (Å²) < 4.78 is 19.4. The molecule has 0 bridgehead atoms. The molecule has 5 heteroatoms. The zero-order chi connectivity index (χ0) is 13.4. The van der Waals surface area contributed by atoms with Crippen molar-refractivity contribution >= 4 is 5.82 Å². The van der Waals surface area contributed by atoms with E-state index in [2.05, 4.69) is 10.2 Å². The topological polar surface area (TPSA) is 67.8 Å². The summed E-state index contributed by atoms with van der Waals surface area (Å²) >= 11 is 0. The van der Waals surface area contributed by atoms with Crippen molar-refractivity contribution in [2.45, 2.75) is 6.92 Å². The summed E-state index contributed by atoms with van der Waals surface area (Å²) in [5.41, 5.74) is 7.34. The number of nitrogens with zero attached hydrogens (tertiary/aromatic N) is 1. The molecule has 0 saturated heterocycles. The number of halogens is 1. The van der Waals surface area contributed by atoms with Gasteiger partial charge in [-0.3, -0.25) is 5.10 Å². The number of anilines is 1. The van der Waals surface area contributed by atoms with Crippen LogP contribution >= 0.6 is 0 Å². The van der Waals surface area contributed by atoms with E-state index in [1.54, 1.807) is 24.3 Å². The molecule has 3 rings (SSSR count). The summed E-state index contributed by atoms with van der Waals surface area (Å²) in [6.07, 6.45) is 0. The Kier molecular flexibility index (Phi) is 2.59. The second kappa shape index (κ2) is 4.28. The Balaban J connectivity index is 2.22. The molecular weight excluding hydrogens is 245 g/mol. The highest BCUT2D eigenvalue weighted by Crippen LogP contribution is 2.36. The molecule has 1 aromatic carbocycles. The quantitative estimate of drug-likeness (QED) is 0.739. The highest BCUT2D eigenvalue weighted by molar-refractivity contribution is 5.86. The van der Waals surface area contributed by atoms with E-state index in [-0.39, 0.29) is 11.6 Å². The van der Waals surface area contributed by atoms with Crippen molar-refractivity contribution in [2.75, 3.05) is 5.73 Å². The smallest absolute Gasteiger partial charge is 0.153 e. The van der Waals surface area contributed by atoms with Gasteiger partial charge in [0.05, 0.1) is 5.56 Å². The first-order chi connectivity index (χ1) is 9.16. The van der Waals surface area contributed by atoms with Gasteiger partial charge in [-0.25, -0.2) is 4.39 Å². The lowest BCUT2D eigenvalue weighted by Crippen LogP contribution is -1.91. The molecule has 0 spiro atoms. The molecule has 0 amide bonds. The Hall–Kier alpha value is -2.56. The number of nitrogen functional groups attached to an aromatic ring is 1. The molecule has 0 fully saturated rings. The van der Waals surface area contributed by atoms with Gasteiger partial charge in [0, 0.05) is 5.56 Å². The zero-order valence-electron chi connectivity index (χ0n) is 10.3. The van der Waals surface area contributed by atoms with Crippen LogP contribution < -0.4 is 5.73 Å². The molecule has 0 unspecified atom stereocenters. The third kappa shape index (κ3) is 1.89. The molecule has 96 valence electrons. The average molecular weight is 257 g/mol. The van der Waals surface area contributed by atoms with Gasteiger partial charge in [-0.05, 0) is 25.1 Å². The third-order valence-corrected chi connectivity index (χ3v) is 2.92. The Morgan fingerprint density at radius 2 is 2.00 bits per heavy atom. The van der Waals surface area contributed by atoms with Gasteiger partial charge >= 0.3 is 0 Å². The second-order valence-corrected chi connectivity index (χ2v) is 4.25. The first kappa shape index (κ1) is 11.5. The summed E-state index contributed by atoms with van der Waals surface area (Å²) in [5, 5.41) is 6.74. The summed E-state index contributed by atoms with van der Waals surface area (Å²) in [6.45, 7) is 1.84. The van der Waals surface area contributed by atoms with E-state index in [4.69, 9.17) is 10.2 Å². The molecule has 0 atom stereocenters. The summed E-state index contributed by atoms with van der Waals surface area (Å²) in [7, 11) is 0. The molecular formula is C14H12FN3O. The van der Waals surface area contributed by atoms with E-state index < -0.39 is 0 Å². The number of nitrogens with one attached hydrogen (secondary N) is 1. The fraction of sp³-hybridized carbons (Fsp3) is 0.0714. The first-order valence-electron chi connectivity index (χ1n) is 5.82. The van der Waals surface area contributed by atoms with Crippen LogP contribution in [0, 0.1) is 12.7 Å². The van der Waals surface area contributed by atoms with Crippen molar-refractivity contribution in [3.63, 3.8) is 0 Å². The minimum absolute atomic E-state index is 0.245. The number of rotatable bonds is 2. The van der Waals surface area contributed by atoms with E-state index in [0.29, 0.717) is 22.6 Å². The fourth-order valence-corrected chi connectivity index (χ4v) is 2.04. The number of aryl methyl sites for hydroxylation is 1. The van der Waals surface area contributed by atoms with Crippen LogP contribution in [0.15, 0.2) is 40.8 Å². The third-order valence-electron chi connectivity index (χ3n) is 2.92. The van der Waals surface area contributed by atoms with Gasteiger partial charge < -0.3 is 10.2 Å². The predicted octanol–water partition coefficient (Wildman–Crippen LogP) is 3.37. The van der Waals surface area contributed by atoms with E-state index >= 15 is 0 Å². The highest BCUT2D eigenvalue weighted by atomic mass is 19.1. The SMILES string of the molecule is Cc1ccc(-c2[nH]nc(N)c2-c2ccccc2F)o1. The van der Waals surface area contributed by atoms with Gasteiger partial charge in [0.25, 0.3) is 0 Å². The minimum Gasteiger partial charge on any atom is -0.460 e. The molecule has 2 aromatic heterocycles. The normalized spacial score (nSPS) is 10.8. The lowest BCUT2D eigenvalue weighted by Gasteiger charge is -2.03. The number of H-pyrrole nitrogens is 1. The molecule has 3 N–H and O–H groups in total. The number of aromatic amines is 1. The molecule has 4 nitrogen and oxygen atoms in total. The Labute approximate surface area is 109 Å². The van der Waals surface area contributed by atoms with Crippen molar-refractivity contribution in [1.29, 1.82) is 0 Å². The van der Waals surface area contributed by atoms with E-state index in [1.165, 1.54) is 6.07 Å². The number of aromatic nitrogens is 2. The molecule has 0 saturated carbocycles. The van der Waals surface area contributed by atoms with E-state index in [1.807, 2.05) is 13.0 Å². The van der Waals surface area contributed by atoms with Gasteiger partial charge in [-0.15, -0.1) is 0 Å². The summed E-state index contributed by atoms with van der Waals surface area (Å²) in [4.78, 5) is 0. The van der Waals surface area contributed by atoms with Crippen molar-refractivity contribution < 1.29 is 8.81 Å². The van der Waals surface area contributed by atoms with Gasteiger partial charge in [0.15, 0.2) is 11.6 Å². The number of furan rings is 1. The van der Waals surface area contributed by atoms with Gasteiger partial charge in [0.1, 0.15) is 17.3 Å². The van der Waals surface area contributed by atoms with Crippen LogP contribution in [0.25, 0.3) is 22.6 Å². The van der Waals surface area contributed by atoms with Crippen LogP contribution in [0.2, 0.25) is 0 Å². The summed E-state index contributed by atoms with van der Waals surface area (Å²) in [6, 6.07) is 10.1. The van der Waals surface area contributed by atoms with Crippen LogP contribution in [0.3, 0.4) is 0 Å². The van der Waals surface area contributed by atoms with Crippen molar-refractivity contribution in [3.05, 3.63) is 48.0 Å². The summed E-state index contributed by atoms with van der Waals surface area (Å²) in [5.74, 6) is 1.25. The van der Waals surface area contributed by atoms with Crippen LogP contribution in [-0.4, -0.2) is 10.2 Å². The first-order valence-corrected chi connectivity index (χ1v) is 5.82. The fourth-order valence-electron chi connectivity index (χ4n) is 2.04. The monoisotopic (exact) mass is 257 g/mol. The van der Waals surface area contributed by atoms with E-state index in [0.717, 1.165) is 5.76 Å². The van der Waals surface area contributed by atoms with E-state index in [9.17, 15) is 4.39 Å². The maximum Gasteiger partial charge on any atom is 0.153 e. The van der Waals surface area contributed by atoms with Crippen molar-refractivity contribution in [3.8, 4) is 22.6 Å². The predicted molar refractivity (Wildman–Crippen MR) is 70.8 cm³/mol. The van der Waals surface area contributed by atoms with Gasteiger partial charge in [-0.1, -0.05) is 18.2 Å². The largest absolute Gasteiger partial charge is 0.460 e. The molecule has 19 heavy (non-hydrogen) atoms. The number of hydrogen-bond acceptors (Lipinski definition) is 3. The maximum absolute atomic E-state index is 13.9. The molecule has 0 aliphatic heterocycles. The number of nitrogens with two attached hydrogens (primary N) is 1. The lowest BCUT2D eigenvalue weighted by atomic mass is 10.0.